The van der Waals surface area contributed by atoms with E-state index >= 15 is 0 Å². The molecule has 1 saturated heterocycles. The third-order valence-electron chi connectivity index (χ3n) is 9.84. The van der Waals surface area contributed by atoms with Crippen LogP contribution < -0.4 is 4.90 Å². The lowest BCUT2D eigenvalue weighted by atomic mass is 9.47. The maximum Gasteiger partial charge on any atom is 0.335 e. The summed E-state index contributed by atoms with van der Waals surface area (Å²) in [5.74, 6) is -5.54. The quantitative estimate of drug-likeness (QED) is 0.394. The van der Waals surface area contributed by atoms with Crippen molar-refractivity contribution in [3.63, 3.8) is 0 Å². The second kappa shape index (κ2) is 9.76. The van der Waals surface area contributed by atoms with Gasteiger partial charge in [-0.05, 0) is 73.6 Å². The molecule has 2 fully saturated rings. The van der Waals surface area contributed by atoms with Crippen LogP contribution in [0.5, 0.6) is 5.75 Å². The molecule has 8 nitrogen and oxygen atoms in total. The number of amides is 2. The number of nitrogens with zero attached hydrogens (tertiary/aromatic N) is 1. The second-order valence-electron chi connectivity index (χ2n) is 12.0. The van der Waals surface area contributed by atoms with Gasteiger partial charge in [-0.1, -0.05) is 42.8 Å². The van der Waals surface area contributed by atoms with Crippen LogP contribution in [0.25, 0.3) is 0 Å². The van der Waals surface area contributed by atoms with E-state index in [-0.39, 0.29) is 41.6 Å². The molecule has 6 atom stereocenters. The van der Waals surface area contributed by atoms with E-state index < -0.39 is 46.9 Å². The number of para-hydroxylation sites is 1. The Kier molecular flexibility index (Phi) is 6.40. The number of aromatic carboxylic acids is 1. The first-order valence-electron chi connectivity index (χ1n) is 14.1. The number of anilines is 1. The van der Waals surface area contributed by atoms with Crippen LogP contribution in [-0.2, 0) is 25.6 Å². The number of phenols is 1. The number of carboxylic acids is 1. The lowest BCUT2D eigenvalue weighted by Crippen LogP contribution is -2.54. The van der Waals surface area contributed by atoms with E-state index in [1.165, 1.54) is 30.3 Å². The molecule has 0 aromatic heterocycles. The summed E-state index contributed by atoms with van der Waals surface area (Å²) in [6.45, 7) is 7.21. The zero-order valence-corrected chi connectivity index (χ0v) is 23.4. The molecule has 6 rings (SSSR count). The summed E-state index contributed by atoms with van der Waals surface area (Å²) in [4.78, 5) is 67.7. The van der Waals surface area contributed by atoms with Gasteiger partial charge in [0.2, 0.25) is 11.8 Å². The molecule has 0 radical (unpaired) electrons. The number of ketones is 2. The number of imide groups is 1. The van der Waals surface area contributed by atoms with Crippen LogP contribution in [0.3, 0.4) is 0 Å². The number of aromatic hydroxyl groups is 1. The highest BCUT2D eigenvalue weighted by molar-refractivity contribution is 6.22. The Hall–Kier alpha value is -4.59. The monoisotopic (exact) mass is 565 g/mol. The summed E-state index contributed by atoms with van der Waals surface area (Å²) in [7, 11) is 0. The van der Waals surface area contributed by atoms with Crippen molar-refractivity contribution in [1.82, 2.24) is 0 Å². The second-order valence-corrected chi connectivity index (χ2v) is 12.0. The average molecular weight is 566 g/mol. The molecule has 2 amide bonds. The Bertz CT molecular complexity index is 1650. The van der Waals surface area contributed by atoms with Gasteiger partial charge in [-0.2, -0.15) is 0 Å². The molecule has 0 bridgehead atoms. The van der Waals surface area contributed by atoms with Crippen molar-refractivity contribution in [2.45, 2.75) is 39.0 Å². The van der Waals surface area contributed by atoms with E-state index in [4.69, 9.17) is 0 Å². The van der Waals surface area contributed by atoms with Gasteiger partial charge >= 0.3 is 5.97 Å². The largest absolute Gasteiger partial charge is 0.507 e. The molecule has 1 saturated carbocycles. The number of phenolic OH excluding ortho intramolecular Hbond substituents is 1. The number of hydrogen-bond acceptors (Lipinski definition) is 6. The summed E-state index contributed by atoms with van der Waals surface area (Å²) in [6, 6.07) is 11.0. The molecular formula is C34H31NO7. The summed E-state index contributed by atoms with van der Waals surface area (Å²) < 4.78 is 0. The zero-order chi connectivity index (χ0) is 30.1. The SMILES string of the molecule is C=CCc1cccc([C@H]2C3=CC[C@@H]4C(=O)N(c5ccc(C(=O)O)cc5)C(=O)[C@@H]4[C@@H]3C[C@H]3C(=O)C=C(C)C(=O)[C@@]23C)c1O. The number of allylic oxidation sites excluding steroid dienone is 5. The summed E-state index contributed by atoms with van der Waals surface area (Å²) in [5, 5.41) is 20.7. The molecule has 0 spiro atoms. The van der Waals surface area contributed by atoms with E-state index in [2.05, 4.69) is 6.58 Å². The van der Waals surface area contributed by atoms with Gasteiger partial charge in [0.05, 0.1) is 28.5 Å². The number of Topliss-reactive ketones (excluding diaryl/α,β-unsaturated/α-hetero) is 1. The Morgan fingerprint density at radius 3 is 2.45 bits per heavy atom. The van der Waals surface area contributed by atoms with Crippen molar-refractivity contribution in [2.24, 2.45) is 29.1 Å². The van der Waals surface area contributed by atoms with Gasteiger partial charge in [-0.15, -0.1) is 6.58 Å². The van der Waals surface area contributed by atoms with Crippen LogP contribution in [0.4, 0.5) is 5.69 Å². The van der Waals surface area contributed by atoms with Crippen LogP contribution in [0.2, 0.25) is 0 Å². The highest BCUT2D eigenvalue weighted by Gasteiger charge is 2.63. The maximum absolute atomic E-state index is 14.0. The van der Waals surface area contributed by atoms with E-state index in [0.29, 0.717) is 28.8 Å². The smallest absolute Gasteiger partial charge is 0.335 e. The Labute approximate surface area is 243 Å². The Morgan fingerprint density at radius 1 is 1.07 bits per heavy atom. The molecule has 1 aliphatic heterocycles. The van der Waals surface area contributed by atoms with Crippen LogP contribution in [-0.4, -0.2) is 39.6 Å². The van der Waals surface area contributed by atoms with Crippen molar-refractivity contribution in [2.75, 3.05) is 4.90 Å². The topological polar surface area (TPSA) is 129 Å². The van der Waals surface area contributed by atoms with E-state index in [1.807, 2.05) is 12.1 Å². The fourth-order valence-corrected chi connectivity index (χ4v) is 7.91. The third kappa shape index (κ3) is 3.77. The first-order chi connectivity index (χ1) is 20.0. The van der Waals surface area contributed by atoms with Gasteiger partial charge in [0.25, 0.3) is 0 Å². The van der Waals surface area contributed by atoms with Crippen molar-refractivity contribution in [3.8, 4) is 5.75 Å². The fraction of sp³-hybridized carbons (Fsp3) is 0.324. The van der Waals surface area contributed by atoms with Crippen LogP contribution in [0, 0.1) is 29.1 Å². The first-order valence-corrected chi connectivity index (χ1v) is 14.1. The molecule has 2 N–H and O–H groups in total. The maximum atomic E-state index is 14.0. The molecule has 214 valence electrons. The van der Waals surface area contributed by atoms with Crippen LogP contribution in [0.15, 0.2) is 78.4 Å². The number of rotatable bonds is 5. The molecule has 4 aliphatic rings. The lowest BCUT2D eigenvalue weighted by molar-refractivity contribution is -0.141. The summed E-state index contributed by atoms with van der Waals surface area (Å²) in [6.07, 6.45) is 5.91. The highest BCUT2D eigenvalue weighted by Crippen LogP contribution is 2.63. The Morgan fingerprint density at radius 2 is 1.79 bits per heavy atom. The number of hydrogen-bond donors (Lipinski definition) is 2. The van der Waals surface area contributed by atoms with Gasteiger partial charge < -0.3 is 10.2 Å². The van der Waals surface area contributed by atoms with Gasteiger partial charge in [-0.25, -0.2) is 4.79 Å². The molecule has 2 aromatic rings. The fourth-order valence-electron chi connectivity index (χ4n) is 7.91. The van der Waals surface area contributed by atoms with E-state index in [1.54, 1.807) is 32.1 Å². The first kappa shape index (κ1) is 27.6. The van der Waals surface area contributed by atoms with Gasteiger partial charge in [-0.3, -0.25) is 24.1 Å². The molecule has 1 heterocycles. The Balaban J connectivity index is 1.49. The molecule has 3 aliphatic carbocycles. The van der Waals surface area contributed by atoms with Gasteiger partial charge in [0, 0.05) is 17.4 Å². The molecule has 2 aromatic carbocycles. The minimum absolute atomic E-state index is 0.0347. The highest BCUT2D eigenvalue weighted by atomic mass is 16.4. The number of carbonyl (C=O) groups excluding carboxylic acids is 4. The van der Waals surface area contributed by atoms with E-state index in [0.717, 1.165) is 10.5 Å². The normalized spacial score (nSPS) is 30.2. The van der Waals surface area contributed by atoms with Crippen LogP contribution >= 0.6 is 0 Å². The summed E-state index contributed by atoms with van der Waals surface area (Å²) >= 11 is 0. The number of fused-ring (bicyclic) bond motifs is 4. The van der Waals surface area contributed by atoms with Gasteiger partial charge in [0.15, 0.2) is 11.6 Å². The summed E-state index contributed by atoms with van der Waals surface area (Å²) in [5.41, 5.74) is 1.46. The van der Waals surface area contributed by atoms with Crippen molar-refractivity contribution >= 4 is 35.0 Å². The standard InChI is InChI=1S/C34H31NO7/c1-4-6-18-7-5-8-23(29(18)37)28-21-13-14-22-27(24(21)16-25-26(36)15-17(2)30(38)34(25,28)3)32(40)35(31(22)39)20-11-9-19(10-12-20)33(41)42/h4-5,7-13,15,22,24-25,27-28,37H,1,6,14,16H2,2-3H3,(H,41,42)/t22-,24+,25-,27-,28+,34+/m0/s1. The third-order valence-corrected chi connectivity index (χ3v) is 9.84. The minimum atomic E-state index is -1.19. The van der Waals surface area contributed by atoms with E-state index in [9.17, 15) is 34.2 Å². The molecule has 42 heavy (non-hydrogen) atoms. The average Bonchev–Trinajstić information content (AvgIpc) is 3.22. The lowest BCUT2D eigenvalue weighted by Gasteiger charge is -2.53. The van der Waals surface area contributed by atoms with Crippen molar-refractivity contribution in [3.05, 3.63) is 95.1 Å². The number of benzene rings is 2. The predicted molar refractivity (Wildman–Crippen MR) is 154 cm³/mol. The number of carboxylic acid groups (broad SMARTS) is 1. The minimum Gasteiger partial charge on any atom is -0.507 e. The molecule has 8 heteroatoms. The van der Waals surface area contributed by atoms with Crippen molar-refractivity contribution < 1.29 is 34.2 Å². The van der Waals surface area contributed by atoms with Gasteiger partial charge in [0.1, 0.15) is 5.75 Å². The zero-order valence-electron chi connectivity index (χ0n) is 23.4. The van der Waals surface area contributed by atoms with Crippen LogP contribution in [0.1, 0.15) is 54.1 Å². The number of carbonyl (C=O) groups is 5. The van der Waals surface area contributed by atoms with Crippen molar-refractivity contribution in [1.29, 1.82) is 0 Å². The molecular weight excluding hydrogens is 534 g/mol. The molecule has 0 unspecified atom stereocenters. The predicted octanol–water partition coefficient (Wildman–Crippen LogP) is 4.78.